The van der Waals surface area contributed by atoms with Gasteiger partial charge in [-0.05, 0) is 115 Å². The molecule has 0 spiro atoms. The maximum atomic E-state index is 13.7. The molecule has 0 radical (unpaired) electrons. The van der Waals surface area contributed by atoms with E-state index in [0.29, 0.717) is 41.1 Å². The summed E-state index contributed by atoms with van der Waals surface area (Å²) in [4.78, 5) is 58.4. The summed E-state index contributed by atoms with van der Waals surface area (Å²) >= 11 is 3.26. The molecule has 388 valence electrons. The maximum Gasteiger partial charge on any atom is 0.410 e. The molecule has 2 aromatic carbocycles. The highest BCUT2D eigenvalue weighted by Gasteiger charge is 2.36. The first-order valence-corrected chi connectivity index (χ1v) is 26.5. The van der Waals surface area contributed by atoms with Crippen molar-refractivity contribution in [1.82, 2.24) is 28.4 Å². The zero-order valence-corrected chi connectivity index (χ0v) is 45.1. The number of aryl methyl sites for hydroxylation is 2. The van der Waals surface area contributed by atoms with Gasteiger partial charge in [0, 0.05) is 70.1 Å². The number of nitrogens with one attached hydrogen (secondary N) is 1. The molecule has 0 unspecified atom stereocenters. The van der Waals surface area contributed by atoms with Crippen LogP contribution in [-0.2, 0) is 51.2 Å². The molecule has 0 bridgehead atoms. The molecule has 2 saturated heterocycles. The van der Waals surface area contributed by atoms with Crippen molar-refractivity contribution in [2.45, 2.75) is 78.5 Å². The molecule has 20 nitrogen and oxygen atoms in total. The second-order valence-corrected chi connectivity index (χ2v) is 22.3. The summed E-state index contributed by atoms with van der Waals surface area (Å²) in [5, 5.41) is 0.689. The van der Waals surface area contributed by atoms with E-state index < -0.39 is 49.8 Å². The summed E-state index contributed by atoms with van der Waals surface area (Å²) in [6.07, 6.45) is 2.00. The van der Waals surface area contributed by atoms with Crippen LogP contribution < -0.4 is 9.03 Å². The van der Waals surface area contributed by atoms with Crippen LogP contribution in [0.15, 0.2) is 85.2 Å². The van der Waals surface area contributed by atoms with Crippen molar-refractivity contribution in [3.8, 4) is 0 Å². The number of ether oxygens (including phenoxy) is 4. The Morgan fingerprint density at radius 2 is 1.08 bits per heavy atom. The van der Waals surface area contributed by atoms with Gasteiger partial charge in [-0.25, -0.2) is 19.2 Å². The quantitative estimate of drug-likeness (QED) is 0.0912. The SMILES string of the molecule is COC(=O)c1ccc(CBr)nc1.COC(=O)c1ccc(CN(c2cccc(C)c2)S(=O)(=O)N2CCN(C(=O)OC(C)(C)C)CC2)nc1.Cc1cccc(NS(=O)(=O)N2CCN(C(=O)OC(C)(C)C)CC2)c1. The molecular formula is C48H65BrN8O12S2. The smallest absolute Gasteiger partial charge is 0.410 e. The van der Waals surface area contributed by atoms with Crippen molar-refractivity contribution in [1.29, 1.82) is 0 Å². The number of benzene rings is 2. The number of pyridine rings is 2. The first kappa shape index (κ1) is 57.7. The van der Waals surface area contributed by atoms with E-state index >= 15 is 0 Å². The van der Waals surface area contributed by atoms with Crippen LogP contribution in [-0.4, -0.2) is 147 Å². The van der Waals surface area contributed by atoms with E-state index in [1.807, 2.05) is 26.0 Å². The molecule has 71 heavy (non-hydrogen) atoms. The van der Waals surface area contributed by atoms with Gasteiger partial charge in [-0.3, -0.25) is 19.0 Å². The van der Waals surface area contributed by atoms with Crippen LogP contribution >= 0.6 is 15.9 Å². The molecule has 2 fully saturated rings. The molecule has 0 aliphatic carbocycles. The average molecular weight is 1090 g/mol. The predicted molar refractivity (Wildman–Crippen MR) is 273 cm³/mol. The van der Waals surface area contributed by atoms with E-state index in [9.17, 15) is 36.0 Å². The number of esters is 2. The second kappa shape index (κ2) is 25.5. The zero-order valence-electron chi connectivity index (χ0n) is 41.9. The number of halogens is 1. The molecule has 2 aromatic heterocycles. The van der Waals surface area contributed by atoms with Gasteiger partial charge in [0.1, 0.15) is 11.2 Å². The second-order valence-electron chi connectivity index (χ2n) is 18.3. The van der Waals surface area contributed by atoms with E-state index in [1.165, 1.54) is 49.3 Å². The minimum Gasteiger partial charge on any atom is -0.465 e. The molecule has 4 heterocycles. The van der Waals surface area contributed by atoms with Gasteiger partial charge in [0.2, 0.25) is 0 Å². The normalized spacial score (nSPS) is 14.6. The van der Waals surface area contributed by atoms with Crippen LogP contribution in [0.2, 0.25) is 0 Å². The third-order valence-corrected chi connectivity index (χ3v) is 14.2. The van der Waals surface area contributed by atoms with Crippen LogP contribution in [0.4, 0.5) is 21.0 Å². The summed E-state index contributed by atoms with van der Waals surface area (Å²) in [5.41, 5.74) is 3.84. The number of anilines is 2. The predicted octanol–water partition coefficient (Wildman–Crippen LogP) is 6.95. The van der Waals surface area contributed by atoms with Gasteiger partial charge in [-0.15, -0.1) is 0 Å². The van der Waals surface area contributed by atoms with Gasteiger partial charge in [0.05, 0.1) is 54.7 Å². The Hall–Kier alpha value is -5.88. The van der Waals surface area contributed by atoms with Crippen molar-refractivity contribution in [3.05, 3.63) is 119 Å². The van der Waals surface area contributed by atoms with E-state index in [2.05, 4.69) is 35.4 Å². The Labute approximate surface area is 426 Å². The number of rotatable bonds is 11. The fraction of sp³-hybridized carbons (Fsp3) is 0.458. The molecule has 1 N–H and O–H groups in total. The number of alkyl halides is 1. The van der Waals surface area contributed by atoms with Gasteiger partial charge < -0.3 is 28.7 Å². The van der Waals surface area contributed by atoms with Crippen molar-refractivity contribution in [2.75, 3.05) is 75.6 Å². The summed E-state index contributed by atoms with van der Waals surface area (Å²) in [6, 6.07) is 21.0. The van der Waals surface area contributed by atoms with Gasteiger partial charge in [0.15, 0.2) is 0 Å². The average Bonchev–Trinajstić information content (AvgIpc) is 3.32. The molecule has 2 amide bonds. The standard InChI is InChI=1S/C24H32N4O6S.C16H25N3O4S.C8H8BrNO2/c1-18-7-6-8-21(15-18)28(17-20-10-9-19(16-25-20)22(29)33-5)35(31,32)27-13-11-26(12-14-27)23(30)34-24(2,3)4;1-13-6-5-7-14(12-13)17-24(21,22)19-10-8-18(9-11-19)15(20)23-16(2,3)4;1-12-8(11)6-2-3-7(4-9)10-5-6/h6-10,15-16H,11-14,17H2,1-5H3;5-7,12,17H,8-11H2,1-4H3;2-3,5H,4H2,1H3. The van der Waals surface area contributed by atoms with Gasteiger partial charge in [0.25, 0.3) is 0 Å². The minimum absolute atomic E-state index is 0.0283. The van der Waals surface area contributed by atoms with Crippen molar-refractivity contribution in [2.24, 2.45) is 0 Å². The number of carbonyl (C=O) groups is 4. The van der Waals surface area contributed by atoms with Crippen molar-refractivity contribution >= 4 is 71.8 Å². The number of carbonyl (C=O) groups excluding carboxylic acids is 4. The molecule has 0 saturated carbocycles. The number of nitrogens with zero attached hydrogens (tertiary/aromatic N) is 7. The molecule has 6 rings (SSSR count). The van der Waals surface area contributed by atoms with Gasteiger partial charge >= 0.3 is 44.5 Å². The summed E-state index contributed by atoms with van der Waals surface area (Å²) < 4.78 is 78.9. The van der Waals surface area contributed by atoms with Crippen molar-refractivity contribution < 1.29 is 55.0 Å². The van der Waals surface area contributed by atoms with E-state index in [1.54, 1.807) is 102 Å². The maximum absolute atomic E-state index is 13.7. The molecule has 23 heteroatoms. The molecule has 0 atom stereocenters. The van der Waals surface area contributed by atoms with E-state index in [4.69, 9.17) is 14.2 Å². The third kappa shape index (κ3) is 18.0. The van der Waals surface area contributed by atoms with Gasteiger partial charge in [-0.2, -0.15) is 25.4 Å². The number of methoxy groups -OCH3 is 2. The number of aromatic nitrogens is 2. The number of amides is 2. The lowest BCUT2D eigenvalue weighted by atomic mass is 10.2. The number of hydrogen-bond donors (Lipinski definition) is 1. The molecule has 2 aliphatic heterocycles. The lowest BCUT2D eigenvalue weighted by molar-refractivity contribution is 0.0183. The fourth-order valence-corrected chi connectivity index (χ4v) is 9.77. The summed E-state index contributed by atoms with van der Waals surface area (Å²) in [5.74, 6) is -0.876. The molecule has 4 aromatic rings. The van der Waals surface area contributed by atoms with Crippen LogP contribution in [0.25, 0.3) is 0 Å². The highest BCUT2D eigenvalue weighted by atomic mass is 79.9. The van der Waals surface area contributed by atoms with E-state index in [-0.39, 0.29) is 57.3 Å². The highest BCUT2D eigenvalue weighted by molar-refractivity contribution is 9.08. The first-order valence-electron chi connectivity index (χ1n) is 22.5. The Bertz CT molecular complexity index is 2650. The number of hydrogen-bond acceptors (Lipinski definition) is 14. The Balaban J connectivity index is 0.000000261. The Kier molecular flexibility index (Phi) is 20.7. The lowest BCUT2D eigenvalue weighted by Crippen LogP contribution is -2.54. The monoisotopic (exact) mass is 1090 g/mol. The summed E-state index contributed by atoms with van der Waals surface area (Å²) in [7, 11) is -4.95. The van der Waals surface area contributed by atoms with Crippen molar-refractivity contribution in [3.63, 3.8) is 0 Å². The largest absolute Gasteiger partial charge is 0.465 e. The fourth-order valence-electron chi connectivity index (χ4n) is 6.66. The Morgan fingerprint density at radius 3 is 1.49 bits per heavy atom. The minimum atomic E-state index is -3.95. The van der Waals surface area contributed by atoms with Crippen LogP contribution in [0.5, 0.6) is 0 Å². The van der Waals surface area contributed by atoms with Crippen LogP contribution in [0.1, 0.15) is 84.8 Å². The van der Waals surface area contributed by atoms with E-state index in [0.717, 1.165) is 16.8 Å². The van der Waals surface area contributed by atoms with Gasteiger partial charge in [-0.1, -0.05) is 40.2 Å². The lowest BCUT2D eigenvalue weighted by Gasteiger charge is -2.37. The highest BCUT2D eigenvalue weighted by Crippen LogP contribution is 2.26. The molecular weight excluding hydrogens is 1020 g/mol. The van der Waals surface area contributed by atoms with Crippen LogP contribution in [0.3, 0.4) is 0 Å². The molecule has 2 aliphatic rings. The zero-order chi connectivity index (χ0) is 52.7. The topological polar surface area (TPSA) is 227 Å². The Morgan fingerprint density at radius 1 is 0.634 bits per heavy atom. The third-order valence-electron chi connectivity index (χ3n) is 10.2. The first-order chi connectivity index (χ1) is 33.2. The number of piperazine rings is 2. The summed E-state index contributed by atoms with van der Waals surface area (Å²) in [6.45, 7) is 16.3. The van der Waals surface area contributed by atoms with Crippen LogP contribution in [0, 0.1) is 13.8 Å².